The van der Waals surface area contributed by atoms with Crippen LogP contribution in [0.1, 0.15) is 29.3 Å². The zero-order valence-electron chi connectivity index (χ0n) is 13.8. The summed E-state index contributed by atoms with van der Waals surface area (Å²) in [7, 11) is 0. The number of hydrogen-bond donors (Lipinski definition) is 3. The van der Waals surface area contributed by atoms with E-state index >= 15 is 0 Å². The molecule has 124 valence electrons. The molecule has 0 radical (unpaired) electrons. The smallest absolute Gasteiger partial charge is 0.145 e. The highest BCUT2D eigenvalue weighted by molar-refractivity contribution is 5.86. The molecular formula is C19H21N3O2. The molecule has 3 rings (SSSR count). The molecular weight excluding hydrogens is 302 g/mol. The largest absolute Gasteiger partial charge is 0.505 e. The van der Waals surface area contributed by atoms with E-state index in [9.17, 15) is 10.2 Å². The Balaban J connectivity index is 1.81. The Bertz CT molecular complexity index is 883. The number of rotatable bonds is 5. The van der Waals surface area contributed by atoms with Gasteiger partial charge in [0, 0.05) is 40.6 Å². The van der Waals surface area contributed by atoms with Gasteiger partial charge in [0.2, 0.25) is 0 Å². The average Bonchev–Trinajstić information content (AvgIpc) is 2.99. The van der Waals surface area contributed by atoms with Crippen LogP contribution in [-0.2, 0) is 13.0 Å². The Labute approximate surface area is 140 Å². The lowest BCUT2D eigenvalue weighted by Crippen LogP contribution is -2.05. The van der Waals surface area contributed by atoms with Crippen LogP contribution < -0.4 is 0 Å². The number of aromatic nitrogens is 2. The minimum absolute atomic E-state index is 0.0450. The van der Waals surface area contributed by atoms with Crippen LogP contribution in [0.3, 0.4) is 0 Å². The van der Waals surface area contributed by atoms with Crippen molar-refractivity contribution in [1.29, 1.82) is 0 Å². The van der Waals surface area contributed by atoms with E-state index in [1.54, 1.807) is 19.3 Å². The molecule has 0 saturated carbocycles. The molecule has 0 fully saturated rings. The molecule has 2 heterocycles. The number of fused-ring (bicyclic) bond motifs is 1. The molecule has 3 N–H and O–H groups in total. The standard InChI is InChI=1S/C19H21N3O2/c1-12(7-14-8-22-18-6-4-3-5-16(14)18)20-10-17-15(11-23)9-21-13(2)19(17)24/h3-6,8-10,12,22-24H,7,11H2,1-2H3/t12-/m1/s1. The quantitative estimate of drug-likeness (QED) is 0.631. The van der Waals surface area contributed by atoms with Crippen LogP contribution in [0, 0.1) is 6.92 Å². The van der Waals surface area contributed by atoms with Crippen molar-refractivity contribution >= 4 is 17.1 Å². The summed E-state index contributed by atoms with van der Waals surface area (Å²) in [6.07, 6.45) is 6.01. The molecule has 0 aliphatic rings. The first-order valence-electron chi connectivity index (χ1n) is 7.96. The van der Waals surface area contributed by atoms with Crippen molar-refractivity contribution in [2.75, 3.05) is 0 Å². The summed E-state index contributed by atoms with van der Waals surface area (Å²) in [6, 6.07) is 8.23. The lowest BCUT2D eigenvalue weighted by Gasteiger charge is -2.09. The number of hydrogen-bond acceptors (Lipinski definition) is 4. The van der Waals surface area contributed by atoms with Crippen molar-refractivity contribution in [3.63, 3.8) is 0 Å². The fourth-order valence-corrected chi connectivity index (χ4v) is 2.80. The lowest BCUT2D eigenvalue weighted by atomic mass is 10.1. The number of pyridine rings is 1. The summed E-state index contributed by atoms with van der Waals surface area (Å²) in [6.45, 7) is 3.57. The molecule has 0 aliphatic heterocycles. The number of aliphatic imine (C=N–C) groups is 1. The average molecular weight is 323 g/mol. The van der Waals surface area contributed by atoms with Gasteiger partial charge in [0.1, 0.15) is 5.75 Å². The van der Waals surface area contributed by atoms with Gasteiger partial charge in [-0.1, -0.05) is 18.2 Å². The van der Waals surface area contributed by atoms with Crippen LogP contribution in [-0.4, -0.2) is 32.4 Å². The van der Waals surface area contributed by atoms with Crippen LogP contribution in [0.4, 0.5) is 0 Å². The van der Waals surface area contributed by atoms with Crippen LogP contribution in [0.15, 0.2) is 41.7 Å². The number of aromatic amines is 1. The second kappa shape index (κ2) is 6.84. The van der Waals surface area contributed by atoms with Gasteiger partial charge in [-0.25, -0.2) is 0 Å². The molecule has 3 aromatic rings. The normalized spacial score (nSPS) is 13.0. The monoisotopic (exact) mass is 323 g/mol. The molecule has 2 aromatic heterocycles. The number of nitrogens with zero attached hydrogens (tertiary/aromatic N) is 2. The molecule has 1 aromatic carbocycles. The summed E-state index contributed by atoms with van der Waals surface area (Å²) in [5.74, 6) is 0.0737. The summed E-state index contributed by atoms with van der Waals surface area (Å²) in [5.41, 5.74) is 3.97. The third-order valence-corrected chi connectivity index (χ3v) is 4.18. The molecule has 0 spiro atoms. The first-order valence-corrected chi connectivity index (χ1v) is 7.96. The van der Waals surface area contributed by atoms with E-state index < -0.39 is 0 Å². The number of benzene rings is 1. The minimum Gasteiger partial charge on any atom is -0.505 e. The fraction of sp³-hybridized carbons (Fsp3) is 0.263. The molecule has 0 saturated heterocycles. The van der Waals surface area contributed by atoms with Gasteiger partial charge in [-0.3, -0.25) is 9.98 Å². The number of aliphatic hydroxyl groups is 1. The van der Waals surface area contributed by atoms with Crippen molar-refractivity contribution in [3.8, 4) is 5.75 Å². The van der Waals surface area contributed by atoms with Crippen LogP contribution in [0.5, 0.6) is 5.75 Å². The number of H-pyrrole nitrogens is 1. The van der Waals surface area contributed by atoms with Gasteiger partial charge in [-0.15, -0.1) is 0 Å². The third kappa shape index (κ3) is 3.16. The number of para-hydroxylation sites is 1. The van der Waals surface area contributed by atoms with E-state index in [1.807, 2.05) is 25.3 Å². The summed E-state index contributed by atoms with van der Waals surface area (Å²) in [5, 5.41) is 20.8. The number of nitrogens with one attached hydrogen (secondary N) is 1. The van der Waals surface area contributed by atoms with E-state index in [1.165, 1.54) is 10.9 Å². The zero-order chi connectivity index (χ0) is 17.1. The molecule has 0 bridgehead atoms. The zero-order valence-corrected chi connectivity index (χ0v) is 13.8. The minimum atomic E-state index is -0.182. The maximum atomic E-state index is 10.2. The predicted octanol–water partition coefficient (Wildman–Crippen LogP) is 3.12. The fourth-order valence-electron chi connectivity index (χ4n) is 2.80. The van der Waals surface area contributed by atoms with Gasteiger partial charge in [-0.05, 0) is 31.9 Å². The molecule has 5 nitrogen and oxygen atoms in total. The van der Waals surface area contributed by atoms with Crippen LogP contribution in [0.25, 0.3) is 10.9 Å². The van der Waals surface area contributed by atoms with Crippen molar-refractivity contribution in [2.45, 2.75) is 32.9 Å². The highest BCUT2D eigenvalue weighted by Crippen LogP contribution is 2.23. The Kier molecular flexibility index (Phi) is 4.62. The summed E-state index contributed by atoms with van der Waals surface area (Å²) < 4.78 is 0. The van der Waals surface area contributed by atoms with Crippen molar-refractivity contribution in [1.82, 2.24) is 9.97 Å². The van der Waals surface area contributed by atoms with Gasteiger partial charge < -0.3 is 15.2 Å². The number of aromatic hydroxyl groups is 1. The van der Waals surface area contributed by atoms with Gasteiger partial charge in [0.05, 0.1) is 18.3 Å². The Morgan fingerprint density at radius 1 is 1.29 bits per heavy atom. The number of aliphatic hydroxyl groups excluding tert-OH is 1. The molecule has 5 heteroatoms. The first kappa shape index (κ1) is 16.2. The highest BCUT2D eigenvalue weighted by Gasteiger charge is 2.11. The van der Waals surface area contributed by atoms with Gasteiger partial charge in [0.15, 0.2) is 0 Å². The van der Waals surface area contributed by atoms with E-state index in [2.05, 4.69) is 27.1 Å². The summed E-state index contributed by atoms with van der Waals surface area (Å²) >= 11 is 0. The Morgan fingerprint density at radius 2 is 2.08 bits per heavy atom. The second-order valence-corrected chi connectivity index (χ2v) is 5.98. The van der Waals surface area contributed by atoms with E-state index in [-0.39, 0.29) is 18.4 Å². The SMILES string of the molecule is Cc1ncc(CO)c(C=N[C@H](C)Cc2c[nH]c3ccccc23)c1O. The second-order valence-electron chi connectivity index (χ2n) is 5.98. The van der Waals surface area contributed by atoms with Crippen molar-refractivity contribution in [2.24, 2.45) is 4.99 Å². The number of aryl methyl sites for hydroxylation is 1. The van der Waals surface area contributed by atoms with Crippen LogP contribution >= 0.6 is 0 Å². The van der Waals surface area contributed by atoms with Crippen molar-refractivity contribution in [3.05, 3.63) is 59.0 Å². The molecule has 0 unspecified atom stereocenters. The van der Waals surface area contributed by atoms with E-state index in [0.29, 0.717) is 16.8 Å². The Hall–Kier alpha value is -2.66. The molecule has 0 amide bonds. The Morgan fingerprint density at radius 3 is 2.88 bits per heavy atom. The first-order chi connectivity index (χ1) is 11.6. The topological polar surface area (TPSA) is 81.5 Å². The van der Waals surface area contributed by atoms with Crippen molar-refractivity contribution < 1.29 is 10.2 Å². The van der Waals surface area contributed by atoms with Gasteiger partial charge in [-0.2, -0.15) is 0 Å². The maximum absolute atomic E-state index is 10.2. The summed E-state index contributed by atoms with van der Waals surface area (Å²) in [4.78, 5) is 11.9. The maximum Gasteiger partial charge on any atom is 0.145 e. The lowest BCUT2D eigenvalue weighted by molar-refractivity contribution is 0.280. The third-order valence-electron chi connectivity index (χ3n) is 4.18. The molecule has 0 aliphatic carbocycles. The molecule has 24 heavy (non-hydrogen) atoms. The molecule has 1 atom stereocenters. The van der Waals surface area contributed by atoms with Crippen LogP contribution in [0.2, 0.25) is 0 Å². The van der Waals surface area contributed by atoms with E-state index in [4.69, 9.17) is 0 Å². The van der Waals surface area contributed by atoms with Gasteiger partial charge >= 0.3 is 0 Å². The van der Waals surface area contributed by atoms with Gasteiger partial charge in [0.25, 0.3) is 0 Å². The van der Waals surface area contributed by atoms with E-state index in [0.717, 1.165) is 11.9 Å². The predicted molar refractivity (Wildman–Crippen MR) is 95.6 cm³/mol. The highest BCUT2D eigenvalue weighted by atomic mass is 16.3.